The summed E-state index contributed by atoms with van der Waals surface area (Å²) in [5.41, 5.74) is 8.44. The van der Waals surface area contributed by atoms with Crippen LogP contribution in [0.3, 0.4) is 0 Å². The van der Waals surface area contributed by atoms with Crippen LogP contribution in [0.25, 0.3) is 0 Å². The molecule has 1 amide bonds. The van der Waals surface area contributed by atoms with Gasteiger partial charge in [-0.1, -0.05) is 129 Å². The molecule has 0 aliphatic carbocycles. The average molecular weight is 522 g/mol. The minimum atomic E-state index is -0.914. The van der Waals surface area contributed by atoms with Gasteiger partial charge in [-0.15, -0.1) is 0 Å². The zero-order valence-corrected chi connectivity index (χ0v) is 23.3. The monoisotopic (exact) mass is 521 g/mol. The summed E-state index contributed by atoms with van der Waals surface area (Å²) in [6.45, 7) is 6.22. The van der Waals surface area contributed by atoms with Gasteiger partial charge in [0, 0.05) is 19.5 Å². The minimum absolute atomic E-state index is 0. The van der Waals surface area contributed by atoms with Crippen molar-refractivity contribution in [1.29, 1.82) is 0 Å². The van der Waals surface area contributed by atoms with Crippen LogP contribution in [0.15, 0.2) is 0 Å². The summed E-state index contributed by atoms with van der Waals surface area (Å²) in [6, 6.07) is -0.756. The molecule has 0 aliphatic heterocycles. The van der Waals surface area contributed by atoms with E-state index < -0.39 is 17.9 Å². The van der Waals surface area contributed by atoms with Crippen molar-refractivity contribution in [2.45, 2.75) is 161 Å². The van der Waals surface area contributed by atoms with Gasteiger partial charge in [0.1, 0.15) is 6.04 Å². The predicted octanol–water partition coefficient (Wildman–Crippen LogP) is 6.71. The molecule has 0 rings (SSSR count). The number of nitrogens with two attached hydrogens (primary N) is 1. The number of hydrogen-bond acceptors (Lipinski definition) is 4. The van der Waals surface area contributed by atoms with Crippen LogP contribution in [0, 0.1) is 0 Å². The summed E-state index contributed by atoms with van der Waals surface area (Å²) < 4.78 is 0. The van der Waals surface area contributed by atoms with E-state index in [1.165, 1.54) is 116 Å². The molecule has 0 spiro atoms. The maximum atomic E-state index is 11.7. The molecule has 7 heteroatoms. The number of hydrazine groups is 1. The van der Waals surface area contributed by atoms with E-state index in [9.17, 15) is 14.7 Å². The van der Waals surface area contributed by atoms with Gasteiger partial charge in [-0.2, -0.15) is 0 Å². The van der Waals surface area contributed by atoms with E-state index in [-0.39, 0.29) is 42.4 Å². The number of primary amides is 1. The summed E-state index contributed by atoms with van der Waals surface area (Å²) in [6.07, 6.45) is 26.1. The zero-order valence-electron chi connectivity index (χ0n) is 23.3. The van der Waals surface area contributed by atoms with Crippen LogP contribution in [0.2, 0.25) is 0 Å². The number of carboxylic acid groups (broad SMARTS) is 1. The van der Waals surface area contributed by atoms with Gasteiger partial charge in [0.15, 0.2) is 0 Å². The summed E-state index contributed by atoms with van der Waals surface area (Å²) in [5, 5.41) is 11.7. The van der Waals surface area contributed by atoms with Gasteiger partial charge >= 0.3 is 35.5 Å². The fraction of sp³-hybridized carbons (Fsp3) is 0.931. The standard InChI is InChI=1S/C29H59N3O3.Na.H/c1-3-5-7-9-11-13-15-17-19-21-25-32(31-27(29(34)35)23-24-28(30)33)26-22-20-18-16-14-12-10-8-6-4-2;;/h27,31H,3-26H2,1-2H3,(H2,30,33)(H,34,35);;/t27-;;/m0../s1. The van der Waals surface area contributed by atoms with Gasteiger partial charge in [-0.05, 0) is 19.3 Å². The second-order valence-corrected chi connectivity index (χ2v) is 10.4. The number of nitrogens with zero attached hydrogens (tertiary/aromatic N) is 1. The fourth-order valence-electron chi connectivity index (χ4n) is 4.57. The van der Waals surface area contributed by atoms with Gasteiger partial charge in [0.05, 0.1) is 0 Å². The molecule has 0 aromatic rings. The third kappa shape index (κ3) is 26.9. The molecule has 0 saturated carbocycles. The number of hydrogen-bond donors (Lipinski definition) is 3. The van der Waals surface area contributed by atoms with Gasteiger partial charge < -0.3 is 10.8 Å². The fourth-order valence-corrected chi connectivity index (χ4v) is 4.57. The van der Waals surface area contributed by atoms with Crippen molar-refractivity contribution in [3.8, 4) is 0 Å². The summed E-state index contributed by atoms with van der Waals surface area (Å²) >= 11 is 0. The van der Waals surface area contributed by atoms with Crippen LogP contribution in [-0.2, 0) is 9.59 Å². The van der Waals surface area contributed by atoms with Crippen molar-refractivity contribution in [2.75, 3.05) is 13.1 Å². The van der Waals surface area contributed by atoms with E-state index in [1.54, 1.807) is 0 Å². The Hall–Kier alpha value is -0.140. The molecule has 0 bridgehead atoms. The Kier molecular flexibility index (Phi) is 31.1. The molecule has 0 unspecified atom stereocenters. The van der Waals surface area contributed by atoms with Gasteiger partial charge in [-0.3, -0.25) is 9.59 Å². The first kappa shape index (κ1) is 38.0. The van der Waals surface area contributed by atoms with Gasteiger partial charge in [-0.25, -0.2) is 10.4 Å². The van der Waals surface area contributed by atoms with E-state index in [0.29, 0.717) is 0 Å². The number of carbonyl (C=O) groups excluding carboxylic acids is 1. The van der Waals surface area contributed by atoms with Crippen molar-refractivity contribution in [2.24, 2.45) is 5.73 Å². The van der Waals surface area contributed by atoms with Crippen LogP contribution in [0.1, 0.15) is 155 Å². The van der Waals surface area contributed by atoms with E-state index in [1.807, 2.05) is 0 Å². The molecule has 0 fully saturated rings. The quantitative estimate of drug-likeness (QED) is 0.0604. The Morgan fingerprint density at radius 2 is 1.00 bits per heavy atom. The second-order valence-electron chi connectivity index (χ2n) is 10.4. The SMILES string of the molecule is CCCCCCCCCCCCN(CCCCCCCCCCCC)N[C@@H](CCC(N)=O)C(=O)O.[NaH]. The Morgan fingerprint density at radius 1 is 0.667 bits per heavy atom. The van der Waals surface area contributed by atoms with Crippen LogP contribution in [-0.4, -0.2) is 70.7 Å². The summed E-state index contributed by atoms with van der Waals surface area (Å²) in [7, 11) is 0. The third-order valence-corrected chi connectivity index (χ3v) is 6.88. The number of amides is 1. The summed E-state index contributed by atoms with van der Waals surface area (Å²) in [5.74, 6) is -1.36. The molecule has 36 heavy (non-hydrogen) atoms. The average Bonchev–Trinajstić information content (AvgIpc) is 2.83. The normalized spacial score (nSPS) is 12.0. The first-order valence-corrected chi connectivity index (χ1v) is 15.0. The van der Waals surface area contributed by atoms with Crippen molar-refractivity contribution in [3.63, 3.8) is 0 Å². The molecule has 1 atom stereocenters. The van der Waals surface area contributed by atoms with E-state index >= 15 is 0 Å². The molecule has 210 valence electrons. The molecule has 0 aliphatic rings. The molecule has 0 heterocycles. The number of aliphatic carboxylic acids is 1. The second kappa shape index (κ2) is 29.4. The number of unbranched alkanes of at least 4 members (excludes halogenated alkanes) is 18. The molecular weight excluding hydrogens is 461 g/mol. The number of nitrogens with one attached hydrogen (secondary N) is 1. The van der Waals surface area contributed by atoms with Crippen molar-refractivity contribution in [3.05, 3.63) is 0 Å². The topological polar surface area (TPSA) is 95.7 Å². The molecule has 0 radical (unpaired) electrons. The van der Waals surface area contributed by atoms with Crippen LogP contribution in [0.4, 0.5) is 0 Å². The molecule has 0 saturated heterocycles. The molecule has 4 N–H and O–H groups in total. The molecule has 6 nitrogen and oxygen atoms in total. The Morgan fingerprint density at radius 3 is 1.31 bits per heavy atom. The Labute approximate surface area is 245 Å². The maximum absolute atomic E-state index is 11.7. The van der Waals surface area contributed by atoms with E-state index in [2.05, 4.69) is 24.3 Å². The molecule has 0 aromatic carbocycles. The first-order valence-electron chi connectivity index (χ1n) is 15.0. The third-order valence-electron chi connectivity index (χ3n) is 6.88. The zero-order chi connectivity index (χ0) is 26.0. The van der Waals surface area contributed by atoms with Gasteiger partial charge in [0.2, 0.25) is 5.91 Å². The van der Waals surface area contributed by atoms with Crippen LogP contribution < -0.4 is 11.2 Å². The van der Waals surface area contributed by atoms with E-state index in [0.717, 1.165) is 25.9 Å². The Bertz CT molecular complexity index is 470. The first-order chi connectivity index (χ1) is 17.0. The van der Waals surface area contributed by atoms with Crippen LogP contribution >= 0.6 is 0 Å². The number of rotatable bonds is 28. The number of carbonyl (C=O) groups is 2. The summed E-state index contributed by atoms with van der Waals surface area (Å²) in [4.78, 5) is 22.8. The van der Waals surface area contributed by atoms with Gasteiger partial charge in [0.25, 0.3) is 0 Å². The van der Waals surface area contributed by atoms with Crippen LogP contribution in [0.5, 0.6) is 0 Å². The Balaban J connectivity index is 0. The van der Waals surface area contributed by atoms with Crippen molar-refractivity contribution < 1.29 is 14.7 Å². The molecular formula is C29H60N3NaO3. The number of carboxylic acids is 1. The van der Waals surface area contributed by atoms with Crippen molar-refractivity contribution >= 4 is 41.4 Å². The molecule has 0 aromatic heterocycles. The van der Waals surface area contributed by atoms with Crippen molar-refractivity contribution in [1.82, 2.24) is 10.4 Å². The van der Waals surface area contributed by atoms with E-state index in [4.69, 9.17) is 5.73 Å². The predicted molar refractivity (Wildman–Crippen MR) is 155 cm³/mol.